The van der Waals surface area contributed by atoms with Gasteiger partial charge in [0.1, 0.15) is 5.76 Å². The maximum atomic E-state index is 9.75. The molecule has 0 bridgehead atoms. The third-order valence-electron chi connectivity index (χ3n) is 2.39. The minimum atomic E-state index is -1.20. The van der Waals surface area contributed by atoms with Crippen LogP contribution in [0.15, 0.2) is 55.3 Å². The van der Waals surface area contributed by atoms with Crippen LogP contribution in [-0.4, -0.2) is 18.3 Å². The fourth-order valence-electron chi connectivity index (χ4n) is 1.56. The van der Waals surface area contributed by atoms with Gasteiger partial charge >= 0.3 is 0 Å². The summed E-state index contributed by atoms with van der Waals surface area (Å²) in [6, 6.07) is 5.23. The van der Waals surface area contributed by atoms with E-state index in [4.69, 9.17) is 14.2 Å². The van der Waals surface area contributed by atoms with Crippen LogP contribution in [0.2, 0.25) is 0 Å². The highest BCUT2D eigenvalue weighted by molar-refractivity contribution is 5.55. The van der Waals surface area contributed by atoms with E-state index in [9.17, 15) is 5.11 Å². The lowest BCUT2D eigenvalue weighted by molar-refractivity contribution is -0.0372. The van der Waals surface area contributed by atoms with E-state index < -0.39 is 6.41 Å². The van der Waals surface area contributed by atoms with Crippen molar-refractivity contribution in [1.82, 2.24) is 0 Å². The summed E-state index contributed by atoms with van der Waals surface area (Å²) >= 11 is 0. The van der Waals surface area contributed by atoms with Crippen LogP contribution < -0.4 is 14.8 Å². The van der Waals surface area contributed by atoms with Gasteiger partial charge in [0.2, 0.25) is 6.79 Å². The predicted molar refractivity (Wildman–Crippen MR) is 71.8 cm³/mol. The summed E-state index contributed by atoms with van der Waals surface area (Å²) in [6.07, 6.45) is 3.42. The highest BCUT2D eigenvalue weighted by Crippen LogP contribution is 2.34. The molecule has 0 fully saturated rings. The van der Waals surface area contributed by atoms with Crippen LogP contribution >= 0.6 is 0 Å². The fraction of sp³-hybridized carbons (Fsp3) is 0.143. The summed E-state index contributed by atoms with van der Waals surface area (Å²) in [5.74, 6) is 1.72. The minimum Gasteiger partial charge on any atom is -0.454 e. The van der Waals surface area contributed by atoms with E-state index in [-0.39, 0.29) is 6.79 Å². The molecule has 1 heterocycles. The van der Waals surface area contributed by atoms with Gasteiger partial charge < -0.3 is 24.6 Å². The molecular formula is C14H15NO4. The Balaban J connectivity index is 1.99. The molecule has 5 nitrogen and oxygen atoms in total. The van der Waals surface area contributed by atoms with Gasteiger partial charge in [-0.05, 0) is 24.3 Å². The average molecular weight is 261 g/mol. The quantitative estimate of drug-likeness (QED) is 0.467. The van der Waals surface area contributed by atoms with Crippen LogP contribution in [0.1, 0.15) is 0 Å². The second-order valence-corrected chi connectivity index (χ2v) is 3.69. The van der Waals surface area contributed by atoms with Crippen molar-refractivity contribution in [2.45, 2.75) is 6.41 Å². The topological polar surface area (TPSA) is 60.0 Å². The number of aliphatic hydroxyl groups excluding tert-OH is 1. The van der Waals surface area contributed by atoms with Crippen LogP contribution in [-0.2, 0) is 4.74 Å². The first-order valence-electron chi connectivity index (χ1n) is 5.69. The number of hydrogen-bond acceptors (Lipinski definition) is 5. The Morgan fingerprint density at radius 1 is 1.37 bits per heavy atom. The second-order valence-electron chi connectivity index (χ2n) is 3.69. The van der Waals surface area contributed by atoms with Crippen molar-refractivity contribution >= 4 is 5.69 Å². The van der Waals surface area contributed by atoms with Gasteiger partial charge in [-0.2, -0.15) is 0 Å². The number of aliphatic hydroxyl groups is 1. The van der Waals surface area contributed by atoms with Gasteiger partial charge in [0.25, 0.3) is 6.41 Å². The van der Waals surface area contributed by atoms with Crippen molar-refractivity contribution in [3.8, 4) is 11.5 Å². The molecule has 1 unspecified atom stereocenters. The van der Waals surface area contributed by atoms with Crippen molar-refractivity contribution in [2.75, 3.05) is 12.1 Å². The summed E-state index contributed by atoms with van der Waals surface area (Å²) in [5, 5.41) is 12.5. The maximum Gasteiger partial charge on any atom is 0.279 e. The van der Waals surface area contributed by atoms with E-state index in [0.717, 1.165) is 0 Å². The lowest BCUT2D eigenvalue weighted by Gasteiger charge is -2.16. The van der Waals surface area contributed by atoms with Crippen molar-refractivity contribution < 1.29 is 19.3 Å². The van der Waals surface area contributed by atoms with E-state index in [2.05, 4.69) is 18.5 Å². The SMILES string of the molecule is C=CC=C(C=C)OC(O)Nc1ccc2c(c1)OCO2. The molecule has 0 spiro atoms. The van der Waals surface area contributed by atoms with Gasteiger partial charge in [0.05, 0.1) is 0 Å². The van der Waals surface area contributed by atoms with E-state index in [1.807, 2.05) is 0 Å². The van der Waals surface area contributed by atoms with Crippen LogP contribution in [0.5, 0.6) is 11.5 Å². The summed E-state index contributed by atoms with van der Waals surface area (Å²) in [5.41, 5.74) is 0.652. The molecular weight excluding hydrogens is 246 g/mol. The van der Waals surface area contributed by atoms with Gasteiger partial charge in [-0.1, -0.05) is 19.2 Å². The number of nitrogens with one attached hydrogen (secondary N) is 1. The molecule has 2 N–H and O–H groups in total. The zero-order chi connectivity index (χ0) is 13.7. The molecule has 0 amide bonds. The Morgan fingerprint density at radius 2 is 2.16 bits per heavy atom. The first kappa shape index (κ1) is 13.0. The minimum absolute atomic E-state index is 0.209. The van der Waals surface area contributed by atoms with Gasteiger partial charge in [-0.3, -0.25) is 0 Å². The van der Waals surface area contributed by atoms with Crippen molar-refractivity contribution in [3.05, 3.63) is 55.3 Å². The molecule has 1 aromatic rings. The van der Waals surface area contributed by atoms with Gasteiger partial charge in [-0.25, -0.2) is 0 Å². The highest BCUT2D eigenvalue weighted by Gasteiger charge is 2.14. The Hall–Kier alpha value is -2.40. The number of hydrogen-bond donors (Lipinski definition) is 2. The summed E-state index contributed by atoms with van der Waals surface area (Å²) < 4.78 is 15.6. The number of allylic oxidation sites excluding steroid dienone is 3. The zero-order valence-electron chi connectivity index (χ0n) is 10.3. The van der Waals surface area contributed by atoms with E-state index in [0.29, 0.717) is 22.9 Å². The maximum absolute atomic E-state index is 9.75. The highest BCUT2D eigenvalue weighted by atomic mass is 16.7. The molecule has 0 aliphatic carbocycles. The number of rotatable bonds is 6. The van der Waals surface area contributed by atoms with Crippen LogP contribution in [0.3, 0.4) is 0 Å². The van der Waals surface area contributed by atoms with Crippen LogP contribution in [0.25, 0.3) is 0 Å². The molecule has 100 valence electrons. The Morgan fingerprint density at radius 3 is 2.89 bits per heavy atom. The number of anilines is 1. The monoisotopic (exact) mass is 261 g/mol. The van der Waals surface area contributed by atoms with Crippen molar-refractivity contribution in [3.63, 3.8) is 0 Å². The smallest absolute Gasteiger partial charge is 0.279 e. The molecule has 2 rings (SSSR count). The molecule has 19 heavy (non-hydrogen) atoms. The van der Waals surface area contributed by atoms with Crippen molar-refractivity contribution in [2.24, 2.45) is 0 Å². The van der Waals surface area contributed by atoms with Gasteiger partial charge in [0.15, 0.2) is 11.5 Å². The molecule has 0 aromatic heterocycles. The van der Waals surface area contributed by atoms with Crippen molar-refractivity contribution in [1.29, 1.82) is 0 Å². The lowest BCUT2D eigenvalue weighted by Crippen LogP contribution is -2.21. The normalized spacial score (nSPS) is 14.7. The van der Waals surface area contributed by atoms with Gasteiger partial charge in [0, 0.05) is 11.8 Å². The molecule has 0 radical (unpaired) electrons. The van der Waals surface area contributed by atoms with Gasteiger partial charge in [-0.15, -0.1) is 0 Å². The average Bonchev–Trinajstić information content (AvgIpc) is 2.85. The molecule has 1 aliphatic rings. The Bertz CT molecular complexity index is 510. The largest absolute Gasteiger partial charge is 0.454 e. The summed E-state index contributed by atoms with van der Waals surface area (Å²) in [6.45, 7) is 7.32. The van der Waals surface area contributed by atoms with E-state index >= 15 is 0 Å². The Labute approximate surface area is 111 Å². The zero-order valence-corrected chi connectivity index (χ0v) is 10.3. The number of ether oxygens (including phenoxy) is 3. The molecule has 1 aliphatic heterocycles. The van der Waals surface area contributed by atoms with Crippen LogP contribution in [0, 0.1) is 0 Å². The second kappa shape index (κ2) is 5.97. The molecule has 0 saturated heterocycles. The molecule has 1 atom stereocenters. The molecule has 0 saturated carbocycles. The standard InChI is InChI=1S/C14H15NO4/c1-3-5-11(4-2)19-14(16)15-10-6-7-12-13(8-10)18-9-17-12/h3-8,14-16H,1-2,9H2. The molecule has 1 aromatic carbocycles. The van der Waals surface area contributed by atoms with Crippen LogP contribution in [0.4, 0.5) is 5.69 Å². The number of benzene rings is 1. The Kier molecular flexibility index (Phi) is 4.10. The first-order chi connectivity index (χ1) is 9.22. The summed E-state index contributed by atoms with van der Waals surface area (Å²) in [4.78, 5) is 0. The van der Waals surface area contributed by atoms with E-state index in [1.54, 1.807) is 30.4 Å². The lowest BCUT2D eigenvalue weighted by atomic mass is 10.3. The predicted octanol–water partition coefficient (Wildman–Crippen LogP) is 2.38. The third-order valence-corrected chi connectivity index (χ3v) is 2.39. The first-order valence-corrected chi connectivity index (χ1v) is 5.69. The number of fused-ring (bicyclic) bond motifs is 1. The van der Waals surface area contributed by atoms with E-state index in [1.165, 1.54) is 6.08 Å². The summed E-state index contributed by atoms with van der Waals surface area (Å²) in [7, 11) is 0. The molecule has 5 heteroatoms. The third kappa shape index (κ3) is 3.29. The fourth-order valence-corrected chi connectivity index (χ4v) is 1.56.